The van der Waals surface area contributed by atoms with Crippen molar-refractivity contribution < 1.29 is 9.53 Å². The molecule has 1 atom stereocenters. The number of carbonyl (C=O) groups is 1. The third kappa shape index (κ3) is 5.16. The van der Waals surface area contributed by atoms with E-state index in [0.29, 0.717) is 5.75 Å². The van der Waals surface area contributed by atoms with E-state index in [4.69, 9.17) is 4.74 Å². The minimum absolute atomic E-state index is 0.00272. The van der Waals surface area contributed by atoms with Crippen LogP contribution in [-0.4, -0.2) is 12.5 Å². The molecule has 2 aromatic rings. The summed E-state index contributed by atoms with van der Waals surface area (Å²) in [5.41, 5.74) is 5.34. The predicted molar refractivity (Wildman–Crippen MR) is 118 cm³/mol. The monoisotopic (exact) mass is 443 g/mol. The number of benzene rings is 2. The minimum Gasteiger partial charge on any atom is -0.483 e. The van der Waals surface area contributed by atoms with E-state index >= 15 is 0 Å². The lowest BCUT2D eigenvalue weighted by atomic mass is 9.87. The zero-order valence-corrected chi connectivity index (χ0v) is 18.9. The van der Waals surface area contributed by atoms with Crippen molar-refractivity contribution in [3.8, 4) is 5.75 Å². The number of aryl methyl sites for hydroxylation is 2. The van der Waals surface area contributed by atoms with Crippen molar-refractivity contribution in [1.29, 1.82) is 0 Å². The Bertz CT molecular complexity index is 854. The first-order chi connectivity index (χ1) is 13.2. The van der Waals surface area contributed by atoms with Gasteiger partial charge in [-0.25, -0.2) is 0 Å². The van der Waals surface area contributed by atoms with Crippen LogP contribution in [0.2, 0.25) is 0 Å². The molecule has 1 amide bonds. The van der Waals surface area contributed by atoms with Crippen molar-refractivity contribution in [2.75, 3.05) is 6.61 Å². The molecular weight excluding hydrogens is 414 g/mol. The van der Waals surface area contributed by atoms with Crippen molar-refractivity contribution in [2.45, 2.75) is 64.8 Å². The van der Waals surface area contributed by atoms with Crippen LogP contribution in [-0.2, 0) is 23.1 Å². The van der Waals surface area contributed by atoms with Gasteiger partial charge in [-0.15, -0.1) is 0 Å². The summed E-state index contributed by atoms with van der Waals surface area (Å²) in [4.78, 5) is 12.4. The Kier molecular flexibility index (Phi) is 6.49. The summed E-state index contributed by atoms with van der Waals surface area (Å²) in [7, 11) is 0. The van der Waals surface area contributed by atoms with E-state index in [1.54, 1.807) is 0 Å². The highest BCUT2D eigenvalue weighted by Gasteiger charge is 2.17. The first-order valence-electron chi connectivity index (χ1n) is 10.1. The van der Waals surface area contributed by atoms with Gasteiger partial charge in [0.2, 0.25) is 0 Å². The van der Waals surface area contributed by atoms with Crippen LogP contribution >= 0.6 is 15.9 Å². The van der Waals surface area contributed by atoms with Crippen molar-refractivity contribution in [1.82, 2.24) is 5.32 Å². The van der Waals surface area contributed by atoms with E-state index in [0.717, 1.165) is 16.5 Å². The van der Waals surface area contributed by atoms with Crippen molar-refractivity contribution in [3.05, 3.63) is 63.1 Å². The number of carbonyl (C=O) groups excluding carboxylic acids is 1. The van der Waals surface area contributed by atoms with E-state index < -0.39 is 0 Å². The van der Waals surface area contributed by atoms with Crippen molar-refractivity contribution in [2.24, 2.45) is 0 Å². The Morgan fingerprint density at radius 3 is 2.50 bits per heavy atom. The molecule has 0 aromatic heterocycles. The van der Waals surface area contributed by atoms with Gasteiger partial charge in [-0.1, -0.05) is 45.0 Å². The highest BCUT2D eigenvalue weighted by atomic mass is 79.9. The molecule has 0 saturated carbocycles. The number of fused-ring (bicyclic) bond motifs is 1. The lowest BCUT2D eigenvalue weighted by molar-refractivity contribution is -0.123. The van der Waals surface area contributed by atoms with Crippen LogP contribution in [0.25, 0.3) is 0 Å². The Balaban J connectivity index is 1.57. The summed E-state index contributed by atoms with van der Waals surface area (Å²) in [6.07, 6.45) is 4.86. The number of halogens is 1. The van der Waals surface area contributed by atoms with Crippen LogP contribution in [0, 0.1) is 0 Å². The smallest absolute Gasteiger partial charge is 0.258 e. The first kappa shape index (κ1) is 20.9. The quantitative estimate of drug-likeness (QED) is 0.625. The van der Waals surface area contributed by atoms with Gasteiger partial charge in [0.15, 0.2) is 6.61 Å². The lowest BCUT2D eigenvalue weighted by Gasteiger charge is -2.21. The molecule has 0 radical (unpaired) electrons. The zero-order chi connectivity index (χ0) is 20.3. The molecule has 28 heavy (non-hydrogen) atoms. The van der Waals surface area contributed by atoms with Crippen LogP contribution in [0.15, 0.2) is 40.9 Å². The van der Waals surface area contributed by atoms with Gasteiger partial charge in [0.1, 0.15) is 5.75 Å². The highest BCUT2D eigenvalue weighted by Crippen LogP contribution is 2.31. The summed E-state index contributed by atoms with van der Waals surface area (Å²) >= 11 is 3.56. The molecule has 0 heterocycles. The van der Waals surface area contributed by atoms with E-state index in [2.05, 4.69) is 66.3 Å². The number of hydrogen-bond donors (Lipinski definition) is 1. The number of rotatable bonds is 5. The molecule has 150 valence electrons. The lowest BCUT2D eigenvalue weighted by Crippen LogP contribution is -2.31. The molecule has 0 spiro atoms. The second-order valence-electron chi connectivity index (χ2n) is 8.71. The van der Waals surface area contributed by atoms with Crippen molar-refractivity contribution in [3.63, 3.8) is 0 Å². The molecule has 4 heteroatoms. The van der Waals surface area contributed by atoms with E-state index in [1.807, 2.05) is 19.1 Å². The average molecular weight is 444 g/mol. The number of ether oxygens (including phenoxy) is 1. The number of amides is 1. The Labute approximate surface area is 177 Å². The normalized spacial score (nSPS) is 14.9. The first-order valence-corrected chi connectivity index (χ1v) is 10.9. The van der Waals surface area contributed by atoms with Crippen LogP contribution in [0.5, 0.6) is 5.75 Å². The van der Waals surface area contributed by atoms with Gasteiger partial charge in [0.25, 0.3) is 5.91 Å². The fraction of sp³-hybridized carbons (Fsp3) is 0.458. The summed E-state index contributed by atoms with van der Waals surface area (Å²) in [5, 5.41) is 3.05. The van der Waals surface area contributed by atoms with Gasteiger partial charge < -0.3 is 10.1 Å². The maximum absolute atomic E-state index is 12.4. The molecule has 1 unspecified atom stereocenters. The molecule has 0 bridgehead atoms. The van der Waals surface area contributed by atoms with Gasteiger partial charge in [-0.05, 0) is 88.3 Å². The van der Waals surface area contributed by atoms with Gasteiger partial charge in [-0.2, -0.15) is 0 Å². The number of nitrogens with one attached hydrogen (secondary N) is 1. The summed E-state index contributed by atoms with van der Waals surface area (Å²) in [6.45, 7) is 8.54. The molecular formula is C24H30BrNO2. The van der Waals surface area contributed by atoms with Crippen molar-refractivity contribution >= 4 is 21.8 Å². The maximum atomic E-state index is 12.4. The average Bonchev–Trinajstić information content (AvgIpc) is 2.65. The fourth-order valence-corrected chi connectivity index (χ4v) is 4.11. The molecule has 1 N–H and O–H groups in total. The molecule has 0 saturated heterocycles. The van der Waals surface area contributed by atoms with E-state index in [-0.39, 0.29) is 24.0 Å². The molecule has 3 nitrogen and oxygen atoms in total. The standard InChI is InChI=1S/C24H30BrNO2/c1-16(18-10-9-17-7-5-6-8-19(17)13-18)26-23(27)15-28-22-12-11-20(14-21(22)25)24(2,3)4/h9-14,16H,5-8,15H2,1-4H3,(H,26,27). The molecule has 0 aliphatic heterocycles. The topological polar surface area (TPSA) is 38.3 Å². The Morgan fingerprint density at radius 2 is 1.82 bits per heavy atom. The van der Waals surface area contributed by atoms with Crippen LogP contribution < -0.4 is 10.1 Å². The third-order valence-electron chi connectivity index (χ3n) is 5.41. The Hall–Kier alpha value is -1.81. The summed E-state index contributed by atoms with van der Waals surface area (Å²) in [5.74, 6) is 0.571. The maximum Gasteiger partial charge on any atom is 0.258 e. The van der Waals surface area contributed by atoms with Crippen LogP contribution in [0.1, 0.15) is 68.8 Å². The van der Waals surface area contributed by atoms with Crippen LogP contribution in [0.3, 0.4) is 0 Å². The fourth-order valence-electron chi connectivity index (χ4n) is 3.62. The molecule has 1 aliphatic rings. The van der Waals surface area contributed by atoms with Gasteiger partial charge in [0, 0.05) is 0 Å². The van der Waals surface area contributed by atoms with E-state index in [9.17, 15) is 4.79 Å². The van der Waals surface area contributed by atoms with E-state index in [1.165, 1.54) is 36.0 Å². The second kappa shape index (κ2) is 8.69. The largest absolute Gasteiger partial charge is 0.483 e. The Morgan fingerprint density at radius 1 is 1.11 bits per heavy atom. The van der Waals surface area contributed by atoms with Gasteiger partial charge in [-0.3, -0.25) is 4.79 Å². The predicted octanol–water partition coefficient (Wildman–Crippen LogP) is 5.88. The van der Waals surface area contributed by atoms with Crippen LogP contribution in [0.4, 0.5) is 0 Å². The minimum atomic E-state index is -0.114. The van der Waals surface area contributed by atoms with Gasteiger partial charge in [0.05, 0.1) is 10.5 Å². The molecule has 1 aliphatic carbocycles. The second-order valence-corrected chi connectivity index (χ2v) is 9.56. The molecule has 2 aromatic carbocycles. The molecule has 0 fully saturated rings. The third-order valence-corrected chi connectivity index (χ3v) is 6.03. The highest BCUT2D eigenvalue weighted by molar-refractivity contribution is 9.10. The summed E-state index contributed by atoms with van der Waals surface area (Å²) in [6, 6.07) is 12.6. The van der Waals surface area contributed by atoms with Gasteiger partial charge >= 0.3 is 0 Å². The molecule has 3 rings (SSSR count). The SMILES string of the molecule is CC(NC(=O)COc1ccc(C(C)(C)C)cc1Br)c1ccc2c(c1)CCCC2. The number of hydrogen-bond acceptors (Lipinski definition) is 2. The summed E-state index contributed by atoms with van der Waals surface area (Å²) < 4.78 is 6.61. The zero-order valence-electron chi connectivity index (χ0n) is 17.3.